The van der Waals surface area contributed by atoms with Crippen LogP contribution < -0.4 is 5.32 Å². The number of ether oxygens (including phenoxy) is 1. The van der Waals surface area contributed by atoms with E-state index >= 15 is 0 Å². The quantitative estimate of drug-likeness (QED) is 0.590. The fourth-order valence-corrected chi connectivity index (χ4v) is 1.46. The third kappa shape index (κ3) is 4.77. The third-order valence-corrected chi connectivity index (χ3v) is 2.44. The second kappa shape index (κ2) is 7.74. The normalized spacial score (nSPS) is 10.1. The van der Waals surface area contributed by atoms with Crippen LogP contribution in [0.1, 0.15) is 16.8 Å². The van der Waals surface area contributed by atoms with E-state index in [0.29, 0.717) is 24.8 Å². The molecular weight excluding hydrogens is 254 g/mol. The molecule has 1 aromatic rings. The van der Waals surface area contributed by atoms with Crippen molar-refractivity contribution in [1.82, 2.24) is 5.32 Å². The molecule has 1 rings (SSSR count). The van der Waals surface area contributed by atoms with E-state index < -0.39 is 0 Å². The lowest BCUT2D eigenvalue weighted by Gasteiger charge is -2.07. The molecule has 2 N–H and O–H groups in total. The molecular formula is C13H16ClNO3. The number of nitrogens with one attached hydrogen (secondary N) is 1. The van der Waals surface area contributed by atoms with Crippen molar-refractivity contribution in [3.63, 3.8) is 0 Å². The van der Waals surface area contributed by atoms with Crippen LogP contribution in [0.2, 0.25) is 5.02 Å². The Hall–Kier alpha value is -1.52. The Kier molecular flexibility index (Phi) is 6.25. The second-order valence-corrected chi connectivity index (χ2v) is 4.04. The fourth-order valence-electron chi connectivity index (χ4n) is 1.29. The molecule has 0 heterocycles. The molecule has 1 amide bonds. The summed E-state index contributed by atoms with van der Waals surface area (Å²) in [6.45, 7) is 4.95. The molecule has 1 aromatic carbocycles. The Bertz CT molecular complexity index is 421. The van der Waals surface area contributed by atoms with Crippen molar-refractivity contribution in [2.75, 3.05) is 19.8 Å². The maximum absolute atomic E-state index is 11.7. The molecule has 0 spiro atoms. The second-order valence-electron chi connectivity index (χ2n) is 3.61. The number of halogens is 1. The predicted molar refractivity (Wildman–Crippen MR) is 71.1 cm³/mol. The minimum atomic E-state index is -0.373. The van der Waals surface area contributed by atoms with Gasteiger partial charge in [0.05, 0.1) is 18.8 Å². The van der Waals surface area contributed by atoms with Crippen LogP contribution in [0.25, 0.3) is 0 Å². The maximum Gasteiger partial charge on any atom is 0.255 e. The number of benzene rings is 1. The van der Waals surface area contributed by atoms with Crippen molar-refractivity contribution >= 4 is 17.5 Å². The van der Waals surface area contributed by atoms with E-state index in [1.165, 1.54) is 18.2 Å². The average molecular weight is 270 g/mol. The number of amides is 1. The molecule has 0 aliphatic heterocycles. The number of rotatable bonds is 7. The first-order chi connectivity index (χ1) is 8.65. The molecule has 18 heavy (non-hydrogen) atoms. The first-order valence-electron chi connectivity index (χ1n) is 5.60. The summed E-state index contributed by atoms with van der Waals surface area (Å²) in [5.74, 6) is -0.466. The van der Waals surface area contributed by atoms with Gasteiger partial charge < -0.3 is 15.2 Å². The van der Waals surface area contributed by atoms with E-state index in [2.05, 4.69) is 11.9 Å². The SMILES string of the molecule is C=CCCOCCNC(=O)c1cc(Cl)ccc1O. The van der Waals surface area contributed by atoms with Gasteiger partial charge in [0, 0.05) is 11.6 Å². The zero-order valence-electron chi connectivity index (χ0n) is 9.99. The zero-order valence-corrected chi connectivity index (χ0v) is 10.7. The van der Waals surface area contributed by atoms with Gasteiger partial charge in [-0.15, -0.1) is 6.58 Å². The van der Waals surface area contributed by atoms with E-state index in [9.17, 15) is 9.90 Å². The molecule has 0 aromatic heterocycles. The van der Waals surface area contributed by atoms with Crippen LogP contribution in [-0.4, -0.2) is 30.8 Å². The van der Waals surface area contributed by atoms with Crippen LogP contribution in [0.15, 0.2) is 30.9 Å². The molecule has 98 valence electrons. The van der Waals surface area contributed by atoms with E-state index in [-0.39, 0.29) is 17.2 Å². The molecule has 0 atom stereocenters. The summed E-state index contributed by atoms with van der Waals surface area (Å²) in [4.78, 5) is 11.7. The predicted octanol–water partition coefficient (Wildman–Crippen LogP) is 2.37. The minimum Gasteiger partial charge on any atom is -0.507 e. The summed E-state index contributed by atoms with van der Waals surface area (Å²) < 4.78 is 5.24. The molecule has 5 heteroatoms. The van der Waals surface area contributed by atoms with Gasteiger partial charge in [0.1, 0.15) is 5.75 Å². The van der Waals surface area contributed by atoms with E-state index in [1.54, 1.807) is 6.08 Å². The van der Waals surface area contributed by atoms with Gasteiger partial charge in [0.25, 0.3) is 5.91 Å². The number of hydrogen-bond donors (Lipinski definition) is 2. The minimum absolute atomic E-state index is 0.0931. The van der Waals surface area contributed by atoms with Crippen LogP contribution in [0, 0.1) is 0 Å². The van der Waals surface area contributed by atoms with Crippen molar-refractivity contribution in [1.29, 1.82) is 0 Å². The standard InChI is InChI=1S/C13H16ClNO3/c1-2-3-7-18-8-6-15-13(17)11-9-10(14)4-5-12(11)16/h2,4-5,9,16H,1,3,6-8H2,(H,15,17). The van der Waals surface area contributed by atoms with Gasteiger partial charge in [0.15, 0.2) is 0 Å². The lowest BCUT2D eigenvalue weighted by atomic mass is 10.2. The highest BCUT2D eigenvalue weighted by Gasteiger charge is 2.10. The van der Waals surface area contributed by atoms with E-state index in [1.807, 2.05) is 0 Å². The monoisotopic (exact) mass is 269 g/mol. The summed E-state index contributed by atoms with van der Waals surface area (Å²) in [6, 6.07) is 4.33. The highest BCUT2D eigenvalue weighted by Crippen LogP contribution is 2.20. The molecule has 0 radical (unpaired) electrons. The smallest absolute Gasteiger partial charge is 0.255 e. The summed E-state index contributed by atoms with van der Waals surface area (Å²) in [5, 5.41) is 12.6. The highest BCUT2D eigenvalue weighted by molar-refractivity contribution is 6.31. The lowest BCUT2D eigenvalue weighted by molar-refractivity contribution is 0.0915. The highest BCUT2D eigenvalue weighted by atomic mass is 35.5. The van der Waals surface area contributed by atoms with Crippen LogP contribution in [-0.2, 0) is 4.74 Å². The Morgan fingerprint density at radius 3 is 3.00 bits per heavy atom. The van der Waals surface area contributed by atoms with E-state index in [4.69, 9.17) is 16.3 Å². The fraction of sp³-hybridized carbons (Fsp3) is 0.308. The van der Waals surface area contributed by atoms with Gasteiger partial charge in [-0.3, -0.25) is 4.79 Å². The van der Waals surface area contributed by atoms with Crippen molar-refractivity contribution in [2.24, 2.45) is 0 Å². The van der Waals surface area contributed by atoms with Crippen LogP contribution in [0.5, 0.6) is 5.75 Å². The third-order valence-electron chi connectivity index (χ3n) is 2.20. The average Bonchev–Trinajstić information content (AvgIpc) is 2.36. The first-order valence-corrected chi connectivity index (χ1v) is 5.98. The Balaban J connectivity index is 2.36. The van der Waals surface area contributed by atoms with E-state index in [0.717, 1.165) is 6.42 Å². The van der Waals surface area contributed by atoms with Gasteiger partial charge in [-0.05, 0) is 24.6 Å². The molecule has 0 fully saturated rings. The van der Waals surface area contributed by atoms with Gasteiger partial charge in [0.2, 0.25) is 0 Å². The molecule has 0 aliphatic carbocycles. The maximum atomic E-state index is 11.7. The summed E-state index contributed by atoms with van der Waals surface area (Å²) >= 11 is 5.75. The van der Waals surface area contributed by atoms with Gasteiger partial charge in [-0.1, -0.05) is 17.7 Å². The Morgan fingerprint density at radius 1 is 1.50 bits per heavy atom. The van der Waals surface area contributed by atoms with Gasteiger partial charge in [-0.2, -0.15) is 0 Å². The number of hydrogen-bond acceptors (Lipinski definition) is 3. The summed E-state index contributed by atoms with van der Waals surface area (Å²) in [7, 11) is 0. The zero-order chi connectivity index (χ0) is 13.4. The van der Waals surface area contributed by atoms with Crippen molar-refractivity contribution < 1.29 is 14.6 Å². The number of carbonyl (C=O) groups is 1. The number of aromatic hydroxyl groups is 1. The first kappa shape index (κ1) is 14.5. The van der Waals surface area contributed by atoms with Crippen molar-refractivity contribution in [3.8, 4) is 5.75 Å². The Morgan fingerprint density at radius 2 is 2.28 bits per heavy atom. The number of phenolic OH excluding ortho intramolecular Hbond substituents is 1. The number of carbonyl (C=O) groups excluding carboxylic acids is 1. The molecule has 0 aliphatic rings. The van der Waals surface area contributed by atoms with Crippen LogP contribution in [0.3, 0.4) is 0 Å². The van der Waals surface area contributed by atoms with Gasteiger partial charge >= 0.3 is 0 Å². The topological polar surface area (TPSA) is 58.6 Å². The van der Waals surface area contributed by atoms with Crippen molar-refractivity contribution in [2.45, 2.75) is 6.42 Å². The Labute approximate surface area is 111 Å². The molecule has 0 saturated heterocycles. The summed E-state index contributed by atoms with van der Waals surface area (Å²) in [6.07, 6.45) is 2.55. The van der Waals surface area contributed by atoms with Crippen LogP contribution >= 0.6 is 11.6 Å². The largest absolute Gasteiger partial charge is 0.507 e. The van der Waals surface area contributed by atoms with Gasteiger partial charge in [-0.25, -0.2) is 0 Å². The molecule has 0 bridgehead atoms. The number of phenols is 1. The van der Waals surface area contributed by atoms with Crippen molar-refractivity contribution in [3.05, 3.63) is 41.4 Å². The lowest BCUT2D eigenvalue weighted by Crippen LogP contribution is -2.27. The molecule has 0 saturated carbocycles. The van der Waals surface area contributed by atoms with Crippen LogP contribution in [0.4, 0.5) is 0 Å². The molecule has 0 unspecified atom stereocenters. The molecule has 4 nitrogen and oxygen atoms in total. The summed E-state index contributed by atoms with van der Waals surface area (Å²) in [5.41, 5.74) is 0.161.